The van der Waals surface area contributed by atoms with Crippen molar-refractivity contribution < 1.29 is 35.0 Å². The number of hydrogen-bond donors (Lipinski definition) is 0. The van der Waals surface area contributed by atoms with Gasteiger partial charge in [0.15, 0.2) is 0 Å². The van der Waals surface area contributed by atoms with E-state index in [1.165, 1.54) is 5.69 Å². The quantitative estimate of drug-likeness (QED) is 0.442. The molecule has 0 atom stereocenters. The molecule has 0 spiro atoms. The van der Waals surface area contributed by atoms with Crippen molar-refractivity contribution in [3.63, 3.8) is 0 Å². The van der Waals surface area contributed by atoms with Crippen LogP contribution in [0.4, 0.5) is 5.69 Å². The van der Waals surface area contributed by atoms with Crippen molar-refractivity contribution in [2.24, 2.45) is 0 Å². The Bertz CT molecular complexity index is 266. The van der Waals surface area contributed by atoms with Gasteiger partial charge in [0.2, 0.25) is 0 Å². The van der Waals surface area contributed by atoms with Crippen molar-refractivity contribution in [2.45, 2.75) is 0 Å². The van der Waals surface area contributed by atoms with E-state index in [4.69, 9.17) is 14.0 Å². The third kappa shape index (κ3) is 15.4. The van der Waals surface area contributed by atoms with Crippen LogP contribution in [0.2, 0.25) is 0 Å². The van der Waals surface area contributed by atoms with Crippen molar-refractivity contribution in [3.05, 3.63) is 50.3 Å². The fourth-order valence-corrected chi connectivity index (χ4v) is 0.726. The fraction of sp³-hybridized carbons (Fsp3) is 0.182. The third-order valence-corrected chi connectivity index (χ3v) is 1.27. The van der Waals surface area contributed by atoms with Gasteiger partial charge in [-0.2, -0.15) is 0 Å². The molecule has 5 heteroatoms. The van der Waals surface area contributed by atoms with Crippen LogP contribution in [-0.4, -0.2) is 14.1 Å². The first kappa shape index (κ1) is 24.2. The number of nitrogens with zero attached hydrogens (tertiary/aromatic N) is 1. The normalized spacial score (nSPS) is 5.50. The van der Waals surface area contributed by atoms with Gasteiger partial charge >= 0.3 is 33.9 Å². The maximum atomic E-state index is 7.50. The molecule has 1 aromatic rings. The van der Waals surface area contributed by atoms with Crippen molar-refractivity contribution in [3.8, 4) is 0 Å². The summed E-state index contributed by atoms with van der Waals surface area (Å²) in [6.45, 7) is 13.5. The first-order valence-corrected chi connectivity index (χ1v) is 3.64. The summed E-state index contributed by atoms with van der Waals surface area (Å²) >= 11 is 0. The predicted molar refractivity (Wildman–Crippen MR) is 52.6 cm³/mol. The van der Waals surface area contributed by atoms with Gasteiger partial charge in [0.05, 0.1) is 0 Å². The molecule has 0 saturated carbocycles. The Morgan fingerprint density at radius 3 is 1.31 bits per heavy atom. The van der Waals surface area contributed by atoms with Crippen molar-refractivity contribution >= 4 is 5.69 Å². The van der Waals surface area contributed by atoms with Crippen molar-refractivity contribution in [1.82, 2.24) is 0 Å². The summed E-state index contributed by atoms with van der Waals surface area (Å²) < 4.78 is 22.5. The Morgan fingerprint density at radius 2 is 1.12 bits per heavy atom. The van der Waals surface area contributed by atoms with Crippen LogP contribution in [0.5, 0.6) is 0 Å². The molecule has 0 aliphatic rings. The van der Waals surface area contributed by atoms with Crippen LogP contribution in [0.15, 0.2) is 30.3 Å². The molecule has 84 valence electrons. The second-order valence-electron chi connectivity index (χ2n) is 2.23. The van der Waals surface area contributed by atoms with E-state index < -0.39 is 0 Å². The SMILES string of the molecule is CN(C)c1ccccc1.[C-]#[O+].[C-]#[O+].[C-]#[O+].[Mo]. The van der Waals surface area contributed by atoms with Crippen LogP contribution >= 0.6 is 0 Å². The maximum absolute atomic E-state index is 7.50. The van der Waals surface area contributed by atoms with E-state index in [0.717, 1.165) is 0 Å². The molecular formula is C11H11MoNO3. The summed E-state index contributed by atoms with van der Waals surface area (Å²) in [5.74, 6) is 0. The Morgan fingerprint density at radius 1 is 0.812 bits per heavy atom. The van der Waals surface area contributed by atoms with Gasteiger partial charge < -0.3 is 4.90 Å². The molecule has 1 rings (SSSR count). The van der Waals surface area contributed by atoms with Gasteiger partial charge in [0, 0.05) is 40.8 Å². The van der Waals surface area contributed by atoms with Gasteiger partial charge in [0.25, 0.3) is 0 Å². The average molecular weight is 301 g/mol. The molecule has 0 aromatic heterocycles. The minimum atomic E-state index is 0. The van der Waals surface area contributed by atoms with E-state index in [1.807, 2.05) is 32.3 Å². The van der Waals surface area contributed by atoms with Crippen LogP contribution in [0, 0.1) is 20.0 Å². The Hall–Kier alpha value is -1.07. The first-order valence-electron chi connectivity index (χ1n) is 3.64. The molecule has 0 aliphatic heterocycles. The number of rotatable bonds is 1. The van der Waals surface area contributed by atoms with Crippen LogP contribution in [0.3, 0.4) is 0 Å². The third-order valence-electron chi connectivity index (χ3n) is 1.27. The zero-order valence-electron chi connectivity index (χ0n) is 8.97. The summed E-state index contributed by atoms with van der Waals surface area (Å²) in [5.41, 5.74) is 1.25. The smallest absolute Gasteiger partial charge is 0 e. The number of para-hydroxylation sites is 1. The molecule has 0 saturated heterocycles. The minimum Gasteiger partial charge on any atom is 0 e. The van der Waals surface area contributed by atoms with Gasteiger partial charge in [0.1, 0.15) is 0 Å². The second kappa shape index (κ2) is 23.6. The molecular weight excluding hydrogens is 290 g/mol. The van der Waals surface area contributed by atoms with E-state index in [-0.39, 0.29) is 21.1 Å². The molecule has 0 radical (unpaired) electrons. The standard InChI is InChI=1S/C8H11N.3CO.Mo/c1-9(2)8-6-4-3-5-7-8;3*1-2;/h3-7H,1-2H3;;;;. The fourth-order valence-electron chi connectivity index (χ4n) is 0.726. The largest absolute Gasteiger partial charge is 0 e. The average Bonchev–Trinajstić information content (AvgIpc) is 2.38. The van der Waals surface area contributed by atoms with Crippen molar-refractivity contribution in [1.29, 1.82) is 0 Å². The Balaban J connectivity index is -0.0000000900. The Kier molecular flexibility index (Phi) is 35.8. The molecule has 0 unspecified atom stereocenters. The second-order valence-corrected chi connectivity index (χ2v) is 2.23. The van der Waals surface area contributed by atoms with Crippen LogP contribution in [-0.2, 0) is 35.0 Å². The summed E-state index contributed by atoms with van der Waals surface area (Å²) in [7, 11) is 4.07. The summed E-state index contributed by atoms with van der Waals surface area (Å²) in [6, 6.07) is 10.3. The molecule has 0 amide bonds. The van der Waals surface area contributed by atoms with Crippen molar-refractivity contribution in [2.75, 3.05) is 19.0 Å². The van der Waals surface area contributed by atoms with E-state index in [9.17, 15) is 0 Å². The predicted octanol–water partition coefficient (Wildman–Crippen LogP) is 1.64. The molecule has 0 aliphatic carbocycles. The molecule has 0 N–H and O–H groups in total. The molecule has 16 heavy (non-hydrogen) atoms. The van der Waals surface area contributed by atoms with Crippen LogP contribution in [0.1, 0.15) is 0 Å². The summed E-state index contributed by atoms with van der Waals surface area (Å²) in [5, 5.41) is 0. The number of hydrogen-bond acceptors (Lipinski definition) is 1. The van der Waals surface area contributed by atoms with Gasteiger partial charge in [-0.3, -0.25) is 0 Å². The molecule has 0 fully saturated rings. The monoisotopic (exact) mass is 303 g/mol. The van der Waals surface area contributed by atoms with Gasteiger partial charge in [-0.15, -0.1) is 0 Å². The van der Waals surface area contributed by atoms with E-state index >= 15 is 0 Å². The number of benzene rings is 1. The first-order chi connectivity index (χ1) is 7.30. The molecule has 4 nitrogen and oxygen atoms in total. The zero-order chi connectivity index (χ0) is 12.7. The topological polar surface area (TPSA) is 62.9 Å². The molecule has 0 heterocycles. The van der Waals surface area contributed by atoms with E-state index in [1.54, 1.807) is 0 Å². The van der Waals surface area contributed by atoms with Crippen LogP contribution in [0.25, 0.3) is 0 Å². The van der Waals surface area contributed by atoms with E-state index in [0.29, 0.717) is 0 Å². The van der Waals surface area contributed by atoms with E-state index in [2.05, 4.69) is 37.0 Å². The van der Waals surface area contributed by atoms with Crippen LogP contribution < -0.4 is 4.90 Å². The Labute approximate surface area is 110 Å². The van der Waals surface area contributed by atoms with Gasteiger partial charge in [-0.1, -0.05) is 18.2 Å². The number of anilines is 1. The summed E-state index contributed by atoms with van der Waals surface area (Å²) in [4.78, 5) is 2.08. The maximum Gasteiger partial charge on any atom is 0 e. The molecule has 1 aromatic carbocycles. The molecule has 0 bridgehead atoms. The summed E-state index contributed by atoms with van der Waals surface area (Å²) in [6.07, 6.45) is 0. The van der Waals surface area contributed by atoms with Gasteiger partial charge in [-0.25, -0.2) is 0 Å². The van der Waals surface area contributed by atoms with Gasteiger partial charge in [-0.05, 0) is 12.1 Å². The zero-order valence-corrected chi connectivity index (χ0v) is 11.0. The minimum absolute atomic E-state index is 0.